The first-order chi connectivity index (χ1) is 10.7. The third-order valence-electron chi connectivity index (χ3n) is 4.47. The van der Waals surface area contributed by atoms with Crippen molar-refractivity contribution in [3.63, 3.8) is 0 Å². The number of carbonyl (C=O) groups excluding carboxylic acids is 1. The number of aromatic nitrogens is 1. The topological polar surface area (TPSA) is 52.5 Å². The molecule has 0 aliphatic carbocycles. The second-order valence-corrected chi connectivity index (χ2v) is 7.10. The summed E-state index contributed by atoms with van der Waals surface area (Å²) in [4.78, 5) is 12.5. The second-order valence-electron chi connectivity index (χ2n) is 7.10. The third kappa shape index (κ3) is 4.15. The average Bonchev–Trinajstić information content (AvgIpc) is 3.00. The van der Waals surface area contributed by atoms with Gasteiger partial charge in [0.15, 0.2) is 5.79 Å². The van der Waals surface area contributed by atoms with Gasteiger partial charge in [-0.3, -0.25) is 4.79 Å². The molecule has 0 spiro atoms. The van der Waals surface area contributed by atoms with E-state index >= 15 is 0 Å². The maximum atomic E-state index is 12.5. The molecule has 130 valence electrons. The molecule has 1 saturated heterocycles. The van der Waals surface area contributed by atoms with Crippen LogP contribution in [-0.4, -0.2) is 36.0 Å². The van der Waals surface area contributed by atoms with E-state index in [9.17, 15) is 4.79 Å². The van der Waals surface area contributed by atoms with Crippen LogP contribution < -0.4 is 5.32 Å². The zero-order valence-corrected chi connectivity index (χ0v) is 15.2. The van der Waals surface area contributed by atoms with E-state index in [1.165, 1.54) is 0 Å². The number of rotatable bonds is 6. The van der Waals surface area contributed by atoms with Gasteiger partial charge in [0.2, 0.25) is 0 Å². The Morgan fingerprint density at radius 2 is 1.91 bits per heavy atom. The number of hydrogen-bond donors (Lipinski definition) is 1. The molecule has 23 heavy (non-hydrogen) atoms. The van der Waals surface area contributed by atoms with Crippen LogP contribution in [0, 0.1) is 19.8 Å². The maximum absolute atomic E-state index is 12.5. The molecule has 0 radical (unpaired) electrons. The molecule has 0 saturated carbocycles. The summed E-state index contributed by atoms with van der Waals surface area (Å²) in [5.74, 6) is -0.219. The van der Waals surface area contributed by atoms with Crippen LogP contribution in [0.1, 0.15) is 61.9 Å². The van der Waals surface area contributed by atoms with Crippen LogP contribution >= 0.6 is 0 Å². The first kappa shape index (κ1) is 18.0. The predicted molar refractivity (Wildman–Crippen MR) is 90.7 cm³/mol. The molecule has 0 bridgehead atoms. The van der Waals surface area contributed by atoms with Gasteiger partial charge in [0.25, 0.3) is 5.91 Å². The van der Waals surface area contributed by atoms with Gasteiger partial charge < -0.3 is 19.4 Å². The summed E-state index contributed by atoms with van der Waals surface area (Å²) in [6, 6.07) is 2.33. The van der Waals surface area contributed by atoms with Crippen LogP contribution in [0.3, 0.4) is 0 Å². The van der Waals surface area contributed by atoms with Crippen molar-refractivity contribution in [1.29, 1.82) is 0 Å². The highest BCUT2D eigenvalue weighted by atomic mass is 16.7. The van der Waals surface area contributed by atoms with Crippen molar-refractivity contribution in [1.82, 2.24) is 9.88 Å². The summed E-state index contributed by atoms with van der Waals surface area (Å²) >= 11 is 0. The molecule has 5 nitrogen and oxygen atoms in total. The van der Waals surface area contributed by atoms with Crippen molar-refractivity contribution in [2.45, 2.75) is 59.8 Å². The first-order valence-electron chi connectivity index (χ1n) is 8.48. The molecule has 0 aromatic carbocycles. The van der Waals surface area contributed by atoms with Gasteiger partial charge in [0, 0.05) is 30.4 Å². The molecular weight excluding hydrogens is 292 g/mol. The van der Waals surface area contributed by atoms with Gasteiger partial charge in [0.1, 0.15) is 0 Å². The Morgan fingerprint density at radius 3 is 2.43 bits per heavy atom. The lowest BCUT2D eigenvalue weighted by Crippen LogP contribution is -2.34. The normalized spacial score (nSPS) is 18.4. The van der Waals surface area contributed by atoms with Gasteiger partial charge in [-0.15, -0.1) is 0 Å². The summed E-state index contributed by atoms with van der Waals surface area (Å²) in [7, 11) is 0. The smallest absolute Gasteiger partial charge is 0.253 e. The quantitative estimate of drug-likeness (QED) is 0.875. The molecule has 5 heteroatoms. The van der Waals surface area contributed by atoms with Gasteiger partial charge in [-0.05, 0) is 46.6 Å². The largest absolute Gasteiger partial charge is 0.352 e. The van der Waals surface area contributed by atoms with Gasteiger partial charge in [-0.2, -0.15) is 0 Å². The molecule has 1 aliphatic heterocycles. The molecule has 1 fully saturated rings. The van der Waals surface area contributed by atoms with Crippen molar-refractivity contribution in [2.75, 3.05) is 19.8 Å². The van der Waals surface area contributed by atoms with E-state index in [-0.39, 0.29) is 11.8 Å². The zero-order valence-electron chi connectivity index (χ0n) is 15.2. The van der Waals surface area contributed by atoms with E-state index in [1.54, 1.807) is 0 Å². The van der Waals surface area contributed by atoms with Crippen LogP contribution in [0.15, 0.2) is 6.07 Å². The minimum Gasteiger partial charge on any atom is -0.352 e. The Labute approximate surface area is 139 Å². The molecule has 2 rings (SSSR count). The lowest BCUT2D eigenvalue weighted by atomic mass is 10.0. The summed E-state index contributed by atoms with van der Waals surface area (Å²) in [5, 5.41) is 3.05. The van der Waals surface area contributed by atoms with Crippen LogP contribution in [0.25, 0.3) is 0 Å². The molecule has 1 amide bonds. The van der Waals surface area contributed by atoms with Gasteiger partial charge in [-0.25, -0.2) is 0 Å². The summed E-state index contributed by atoms with van der Waals surface area (Å²) in [6.45, 7) is 14.3. The molecule has 2 heterocycles. The van der Waals surface area contributed by atoms with Crippen LogP contribution in [0.2, 0.25) is 0 Å². The second kappa shape index (κ2) is 7.05. The van der Waals surface area contributed by atoms with Crippen molar-refractivity contribution in [2.24, 2.45) is 5.92 Å². The molecule has 1 aromatic rings. The number of aryl methyl sites for hydroxylation is 1. The Kier molecular flexibility index (Phi) is 5.53. The van der Waals surface area contributed by atoms with Crippen molar-refractivity contribution in [3.8, 4) is 0 Å². The van der Waals surface area contributed by atoms with Crippen LogP contribution in [0.5, 0.6) is 0 Å². The lowest BCUT2D eigenvalue weighted by Gasteiger charge is -2.26. The molecule has 1 atom stereocenters. The number of amides is 1. The highest BCUT2D eigenvalue weighted by molar-refractivity contribution is 5.95. The van der Waals surface area contributed by atoms with Gasteiger partial charge in [-0.1, -0.05) is 6.92 Å². The lowest BCUT2D eigenvalue weighted by molar-refractivity contribution is -0.153. The fourth-order valence-electron chi connectivity index (χ4n) is 3.54. The van der Waals surface area contributed by atoms with Gasteiger partial charge in [0.05, 0.1) is 18.8 Å². The third-order valence-corrected chi connectivity index (χ3v) is 4.47. The fraction of sp³-hybridized carbons (Fsp3) is 0.722. The standard InChI is InChI=1S/C18H30N2O3/c1-12(2)20-14(4)9-16(15(20)5)17(21)19-11-13(3)10-18(6)22-7-8-23-18/h9,12-13H,7-8,10-11H2,1-6H3,(H,19,21). The Balaban J connectivity index is 1.93. The highest BCUT2D eigenvalue weighted by Crippen LogP contribution is 2.26. The molecular formula is C18H30N2O3. The predicted octanol–water partition coefficient (Wildman–Crippen LogP) is 3.20. The number of hydrogen-bond acceptors (Lipinski definition) is 3. The van der Waals surface area contributed by atoms with E-state index in [2.05, 4.69) is 30.7 Å². The Morgan fingerprint density at radius 1 is 1.30 bits per heavy atom. The minimum atomic E-state index is -0.502. The Hall–Kier alpha value is -1.33. The average molecular weight is 322 g/mol. The number of nitrogens with one attached hydrogen (secondary N) is 1. The SMILES string of the molecule is Cc1cc(C(=O)NCC(C)CC2(C)OCCO2)c(C)n1C(C)C. The first-order valence-corrected chi connectivity index (χ1v) is 8.48. The molecule has 1 unspecified atom stereocenters. The van der Waals surface area contributed by atoms with Crippen LogP contribution in [-0.2, 0) is 9.47 Å². The summed E-state index contributed by atoms with van der Waals surface area (Å²) in [6.07, 6.45) is 0.776. The van der Waals surface area contributed by atoms with Crippen molar-refractivity contribution < 1.29 is 14.3 Å². The summed E-state index contributed by atoms with van der Waals surface area (Å²) < 4.78 is 13.5. The van der Waals surface area contributed by atoms with Crippen molar-refractivity contribution in [3.05, 3.63) is 23.0 Å². The van der Waals surface area contributed by atoms with Crippen molar-refractivity contribution >= 4 is 5.91 Å². The zero-order chi connectivity index (χ0) is 17.2. The summed E-state index contributed by atoms with van der Waals surface area (Å²) in [5.41, 5.74) is 2.91. The number of ether oxygens (including phenoxy) is 2. The van der Waals surface area contributed by atoms with E-state index in [0.717, 1.165) is 23.4 Å². The van der Waals surface area contributed by atoms with Crippen LogP contribution in [0.4, 0.5) is 0 Å². The monoisotopic (exact) mass is 322 g/mol. The minimum absolute atomic E-state index is 0.00439. The fourth-order valence-corrected chi connectivity index (χ4v) is 3.54. The van der Waals surface area contributed by atoms with E-state index in [0.29, 0.717) is 25.8 Å². The van der Waals surface area contributed by atoms with E-state index < -0.39 is 5.79 Å². The molecule has 1 aliphatic rings. The maximum Gasteiger partial charge on any atom is 0.253 e. The van der Waals surface area contributed by atoms with E-state index in [1.807, 2.05) is 26.8 Å². The number of carbonyl (C=O) groups is 1. The van der Waals surface area contributed by atoms with Gasteiger partial charge >= 0.3 is 0 Å². The van der Waals surface area contributed by atoms with E-state index in [4.69, 9.17) is 9.47 Å². The molecule has 1 aromatic heterocycles. The molecule has 1 N–H and O–H groups in total. The Bertz CT molecular complexity index is 557. The highest BCUT2D eigenvalue weighted by Gasteiger charge is 2.32. The number of nitrogens with zero attached hydrogens (tertiary/aromatic N) is 1.